The minimum atomic E-state index is -0.259. The molecular weight excluding hydrogens is 363 g/mol. The van der Waals surface area contributed by atoms with Gasteiger partial charge in [0.15, 0.2) is 10.6 Å². The topological polar surface area (TPSA) is 42.1 Å². The lowest BCUT2D eigenvalue weighted by Gasteiger charge is -2.35. The van der Waals surface area contributed by atoms with Gasteiger partial charge in [0, 0.05) is 45.0 Å². The number of halogens is 1. The highest BCUT2D eigenvalue weighted by atomic mass is 32.1. The van der Waals surface area contributed by atoms with E-state index in [-0.39, 0.29) is 5.82 Å². The highest BCUT2D eigenvalue weighted by molar-refractivity contribution is 7.71. The van der Waals surface area contributed by atoms with E-state index in [4.69, 9.17) is 12.2 Å². The number of hydrogen-bond acceptors (Lipinski definition) is 5. The van der Waals surface area contributed by atoms with Gasteiger partial charge in [-0.05, 0) is 48.6 Å². The third-order valence-corrected chi connectivity index (χ3v) is 5.31. The molecule has 1 saturated heterocycles. The number of nitrogens with zero attached hydrogens (tertiary/aromatic N) is 6. The monoisotopic (exact) mass is 384 g/mol. The lowest BCUT2D eigenvalue weighted by atomic mass is 10.2. The number of pyridine rings is 1. The van der Waals surface area contributed by atoms with Gasteiger partial charge in [0.2, 0.25) is 0 Å². The van der Waals surface area contributed by atoms with Crippen LogP contribution in [0.15, 0.2) is 48.7 Å². The van der Waals surface area contributed by atoms with E-state index in [2.05, 4.69) is 19.9 Å². The molecule has 4 rings (SSSR count). The Balaban J connectivity index is 1.45. The molecule has 2 aromatic heterocycles. The average molecular weight is 384 g/mol. The Kier molecular flexibility index (Phi) is 5.00. The fourth-order valence-corrected chi connectivity index (χ4v) is 3.46. The van der Waals surface area contributed by atoms with E-state index >= 15 is 0 Å². The van der Waals surface area contributed by atoms with Crippen LogP contribution in [0.5, 0.6) is 0 Å². The molecule has 0 bridgehead atoms. The third-order valence-electron chi connectivity index (χ3n) is 4.82. The Morgan fingerprint density at radius 2 is 1.78 bits per heavy atom. The predicted octanol–water partition coefficient (Wildman–Crippen LogP) is 2.93. The van der Waals surface area contributed by atoms with Gasteiger partial charge in [0.05, 0.1) is 6.67 Å². The molecule has 0 aliphatic carbocycles. The van der Waals surface area contributed by atoms with Gasteiger partial charge >= 0.3 is 0 Å². The molecule has 27 heavy (non-hydrogen) atoms. The molecule has 1 aliphatic heterocycles. The summed E-state index contributed by atoms with van der Waals surface area (Å²) in [6.07, 6.45) is 1.83. The maximum absolute atomic E-state index is 13.2. The molecule has 1 aliphatic rings. The highest BCUT2D eigenvalue weighted by Crippen LogP contribution is 2.18. The number of hydrogen-bond donors (Lipinski definition) is 0. The van der Waals surface area contributed by atoms with Gasteiger partial charge in [-0.2, -0.15) is 5.10 Å². The summed E-state index contributed by atoms with van der Waals surface area (Å²) in [5.41, 5.74) is 0.851. The third kappa shape index (κ3) is 3.77. The van der Waals surface area contributed by atoms with Crippen LogP contribution in [-0.4, -0.2) is 50.4 Å². The van der Waals surface area contributed by atoms with Crippen molar-refractivity contribution in [2.24, 2.45) is 7.05 Å². The van der Waals surface area contributed by atoms with Crippen molar-refractivity contribution in [3.05, 3.63) is 59.2 Å². The van der Waals surface area contributed by atoms with Crippen LogP contribution < -0.4 is 4.90 Å². The van der Waals surface area contributed by atoms with Crippen molar-refractivity contribution < 1.29 is 4.39 Å². The van der Waals surface area contributed by atoms with Crippen molar-refractivity contribution in [1.82, 2.24) is 24.2 Å². The largest absolute Gasteiger partial charge is 0.354 e. The summed E-state index contributed by atoms with van der Waals surface area (Å²) in [6.45, 7) is 4.31. The van der Waals surface area contributed by atoms with Gasteiger partial charge in [-0.1, -0.05) is 6.07 Å². The van der Waals surface area contributed by atoms with Crippen LogP contribution in [0.4, 0.5) is 10.2 Å². The Hall–Kier alpha value is -2.58. The van der Waals surface area contributed by atoms with Gasteiger partial charge in [-0.25, -0.2) is 14.1 Å². The molecule has 6 nitrogen and oxygen atoms in total. The maximum Gasteiger partial charge on any atom is 0.199 e. The minimum Gasteiger partial charge on any atom is -0.354 e. The molecule has 0 spiro atoms. The standard InChI is InChI=1S/C19H21FN6S/c1-23-18(15-5-7-16(20)8-6-15)22-26(19(23)27)14-24-10-12-25(13-11-24)17-4-2-3-9-21-17/h2-9H,10-14H2,1H3. The summed E-state index contributed by atoms with van der Waals surface area (Å²) in [6, 6.07) is 12.3. The Morgan fingerprint density at radius 1 is 1.04 bits per heavy atom. The molecule has 0 radical (unpaired) electrons. The first-order chi connectivity index (χ1) is 13.1. The van der Waals surface area contributed by atoms with Crippen LogP contribution in [0.2, 0.25) is 0 Å². The van der Waals surface area contributed by atoms with Crippen LogP contribution in [0, 0.1) is 10.6 Å². The van der Waals surface area contributed by atoms with E-state index in [1.165, 1.54) is 12.1 Å². The molecule has 1 fully saturated rings. The normalized spacial score (nSPS) is 15.3. The maximum atomic E-state index is 13.2. The van der Waals surface area contributed by atoms with E-state index in [0.29, 0.717) is 11.4 Å². The number of piperazine rings is 1. The highest BCUT2D eigenvalue weighted by Gasteiger charge is 2.19. The second-order valence-electron chi connectivity index (χ2n) is 6.61. The fraction of sp³-hybridized carbons (Fsp3) is 0.316. The summed E-state index contributed by atoms with van der Waals surface area (Å²) in [7, 11) is 1.89. The van der Waals surface area contributed by atoms with Crippen LogP contribution in [0.3, 0.4) is 0 Å². The Morgan fingerprint density at radius 3 is 2.44 bits per heavy atom. The van der Waals surface area contributed by atoms with Crippen molar-refractivity contribution in [2.75, 3.05) is 31.1 Å². The SMILES string of the molecule is Cn1c(-c2ccc(F)cc2)nn(CN2CCN(c3ccccn3)CC2)c1=S. The van der Waals surface area contributed by atoms with E-state index in [1.54, 1.807) is 12.1 Å². The summed E-state index contributed by atoms with van der Waals surface area (Å²) in [5.74, 6) is 1.50. The number of anilines is 1. The zero-order chi connectivity index (χ0) is 18.8. The van der Waals surface area contributed by atoms with E-state index in [9.17, 15) is 4.39 Å². The van der Waals surface area contributed by atoms with Crippen molar-refractivity contribution in [3.63, 3.8) is 0 Å². The quantitative estimate of drug-likeness (QED) is 0.647. The summed E-state index contributed by atoms with van der Waals surface area (Å²) >= 11 is 5.55. The van der Waals surface area contributed by atoms with Gasteiger partial charge in [-0.15, -0.1) is 0 Å². The first-order valence-corrected chi connectivity index (χ1v) is 9.31. The minimum absolute atomic E-state index is 0.259. The summed E-state index contributed by atoms with van der Waals surface area (Å²) in [5, 5.41) is 4.67. The molecule has 3 heterocycles. The summed E-state index contributed by atoms with van der Waals surface area (Å²) < 4.78 is 17.5. The first-order valence-electron chi connectivity index (χ1n) is 8.90. The number of rotatable bonds is 4. The molecule has 0 amide bonds. The van der Waals surface area contributed by atoms with Gasteiger partial charge in [0.25, 0.3) is 0 Å². The van der Waals surface area contributed by atoms with Crippen LogP contribution in [0.1, 0.15) is 0 Å². The average Bonchev–Trinajstić information content (AvgIpc) is 2.98. The van der Waals surface area contributed by atoms with Crippen LogP contribution >= 0.6 is 12.2 Å². The molecule has 140 valence electrons. The number of benzene rings is 1. The zero-order valence-corrected chi connectivity index (χ0v) is 15.9. The molecule has 0 N–H and O–H groups in total. The molecular formula is C19H21FN6S. The molecule has 0 atom stereocenters. The van der Waals surface area contributed by atoms with E-state index < -0.39 is 0 Å². The molecule has 8 heteroatoms. The van der Waals surface area contributed by atoms with Crippen molar-refractivity contribution in [3.8, 4) is 11.4 Å². The van der Waals surface area contributed by atoms with Crippen LogP contribution in [-0.2, 0) is 13.7 Å². The van der Waals surface area contributed by atoms with Gasteiger partial charge in [0.1, 0.15) is 11.6 Å². The fourth-order valence-electron chi connectivity index (χ4n) is 3.28. The number of aromatic nitrogens is 4. The Bertz CT molecular complexity index is 958. The second kappa shape index (κ2) is 7.58. The summed E-state index contributed by atoms with van der Waals surface area (Å²) in [4.78, 5) is 9.04. The van der Waals surface area contributed by atoms with Gasteiger partial charge < -0.3 is 9.47 Å². The van der Waals surface area contributed by atoms with Gasteiger partial charge in [-0.3, -0.25) is 4.90 Å². The molecule has 3 aromatic rings. The van der Waals surface area contributed by atoms with E-state index in [1.807, 2.05) is 40.7 Å². The van der Waals surface area contributed by atoms with Crippen molar-refractivity contribution in [1.29, 1.82) is 0 Å². The van der Waals surface area contributed by atoms with Crippen molar-refractivity contribution in [2.45, 2.75) is 6.67 Å². The first kappa shape index (κ1) is 17.8. The second-order valence-corrected chi connectivity index (χ2v) is 6.97. The molecule has 0 saturated carbocycles. The van der Waals surface area contributed by atoms with E-state index in [0.717, 1.165) is 43.4 Å². The molecule has 1 aromatic carbocycles. The smallest absolute Gasteiger partial charge is 0.199 e. The van der Waals surface area contributed by atoms with Crippen molar-refractivity contribution >= 4 is 18.0 Å². The zero-order valence-electron chi connectivity index (χ0n) is 15.1. The predicted molar refractivity (Wildman–Crippen MR) is 105 cm³/mol. The molecule has 0 unspecified atom stereocenters. The Labute approximate surface area is 162 Å². The lowest BCUT2D eigenvalue weighted by Crippen LogP contribution is -2.47. The van der Waals surface area contributed by atoms with Crippen LogP contribution in [0.25, 0.3) is 11.4 Å². The lowest BCUT2D eigenvalue weighted by molar-refractivity contribution is 0.194.